The van der Waals surface area contributed by atoms with Gasteiger partial charge < -0.3 is 15.4 Å². The van der Waals surface area contributed by atoms with Crippen LogP contribution in [0.4, 0.5) is 0 Å². The Morgan fingerprint density at radius 1 is 1.00 bits per heavy atom. The number of methoxy groups -OCH3 is 1. The molecule has 0 spiro atoms. The fourth-order valence-electron chi connectivity index (χ4n) is 2.25. The predicted molar refractivity (Wildman–Crippen MR) is 95.0 cm³/mol. The fourth-order valence-corrected chi connectivity index (χ4v) is 2.25. The predicted octanol–water partition coefficient (Wildman–Crippen LogP) is 1.85. The van der Waals surface area contributed by atoms with E-state index in [0.29, 0.717) is 25.9 Å². The van der Waals surface area contributed by atoms with Crippen LogP contribution in [0.1, 0.15) is 24.0 Å². The molecule has 2 aromatic rings. The molecule has 2 rings (SSSR count). The molecule has 0 aliphatic carbocycles. The van der Waals surface area contributed by atoms with Crippen LogP contribution < -0.4 is 15.4 Å². The molecule has 25 heavy (non-hydrogen) atoms. The van der Waals surface area contributed by atoms with Crippen LogP contribution in [0.3, 0.4) is 0 Å². The minimum atomic E-state index is -0.0979. The molecule has 132 valence electrons. The molecule has 0 saturated heterocycles. The van der Waals surface area contributed by atoms with Gasteiger partial charge in [-0.05, 0) is 35.7 Å². The summed E-state index contributed by atoms with van der Waals surface area (Å²) in [5.74, 6) is 0.640. The van der Waals surface area contributed by atoms with Gasteiger partial charge in [0.15, 0.2) is 0 Å². The Morgan fingerprint density at radius 3 is 2.44 bits per heavy atom. The maximum absolute atomic E-state index is 11.8. The van der Waals surface area contributed by atoms with Gasteiger partial charge in [0.1, 0.15) is 5.75 Å². The highest BCUT2D eigenvalue weighted by Gasteiger charge is 2.05. The average molecular weight is 341 g/mol. The Morgan fingerprint density at radius 2 is 1.76 bits per heavy atom. The lowest BCUT2D eigenvalue weighted by atomic mass is 10.1. The van der Waals surface area contributed by atoms with Crippen molar-refractivity contribution in [3.05, 3.63) is 59.9 Å². The molecule has 0 aliphatic heterocycles. The van der Waals surface area contributed by atoms with Gasteiger partial charge in [-0.15, -0.1) is 0 Å². The maximum Gasteiger partial charge on any atom is 0.222 e. The van der Waals surface area contributed by atoms with E-state index in [-0.39, 0.29) is 18.2 Å². The van der Waals surface area contributed by atoms with Crippen molar-refractivity contribution in [3.8, 4) is 5.75 Å². The Hall–Kier alpha value is -2.89. The number of benzene rings is 1. The number of rotatable bonds is 9. The molecule has 0 saturated carbocycles. The largest absolute Gasteiger partial charge is 0.497 e. The van der Waals surface area contributed by atoms with Crippen molar-refractivity contribution in [2.24, 2.45) is 0 Å². The lowest BCUT2D eigenvalue weighted by Crippen LogP contribution is -2.30. The summed E-state index contributed by atoms with van der Waals surface area (Å²) in [6.45, 7) is 0.776. The fraction of sp³-hybridized carbons (Fsp3) is 0.316. The zero-order chi connectivity index (χ0) is 17.9. The van der Waals surface area contributed by atoms with Crippen molar-refractivity contribution >= 4 is 11.8 Å². The summed E-state index contributed by atoms with van der Waals surface area (Å²) in [5, 5.41) is 5.57. The highest BCUT2D eigenvalue weighted by molar-refractivity contribution is 5.79. The van der Waals surface area contributed by atoms with Crippen molar-refractivity contribution in [3.63, 3.8) is 0 Å². The van der Waals surface area contributed by atoms with Gasteiger partial charge in [0.05, 0.1) is 7.11 Å². The van der Waals surface area contributed by atoms with Gasteiger partial charge in [-0.25, -0.2) is 0 Å². The van der Waals surface area contributed by atoms with Crippen LogP contribution in [-0.2, 0) is 22.6 Å². The third-order valence-electron chi connectivity index (χ3n) is 3.69. The van der Waals surface area contributed by atoms with Crippen LogP contribution in [0.15, 0.2) is 48.8 Å². The topological polar surface area (TPSA) is 80.3 Å². The lowest BCUT2D eigenvalue weighted by Gasteiger charge is -2.07. The van der Waals surface area contributed by atoms with Crippen LogP contribution in [0.5, 0.6) is 5.75 Å². The maximum atomic E-state index is 11.8. The standard InChI is InChI=1S/C19H23N3O3/c1-25-17-7-4-15(5-8-17)6-9-18(23)21-12-10-19(24)22-14-16-3-2-11-20-13-16/h2-5,7-8,11,13H,6,9-10,12,14H2,1H3,(H,21,23)(H,22,24). The summed E-state index contributed by atoms with van der Waals surface area (Å²) in [6.07, 6.45) is 4.70. The van der Waals surface area contributed by atoms with Crippen molar-refractivity contribution in [2.45, 2.75) is 25.8 Å². The molecule has 1 aromatic heterocycles. The second-order valence-corrected chi connectivity index (χ2v) is 5.59. The molecule has 0 bridgehead atoms. The number of nitrogens with zero attached hydrogens (tertiary/aromatic N) is 1. The number of amides is 2. The van der Waals surface area contributed by atoms with Crippen LogP contribution in [0, 0.1) is 0 Å². The van der Waals surface area contributed by atoms with E-state index < -0.39 is 0 Å². The van der Waals surface area contributed by atoms with Gasteiger partial charge in [-0.2, -0.15) is 0 Å². The molecule has 2 amide bonds. The number of hydrogen-bond donors (Lipinski definition) is 2. The molecule has 2 N–H and O–H groups in total. The zero-order valence-electron chi connectivity index (χ0n) is 14.3. The van der Waals surface area contributed by atoms with Crippen molar-refractivity contribution in [2.75, 3.05) is 13.7 Å². The molecule has 0 unspecified atom stereocenters. The summed E-state index contributed by atoms with van der Waals surface area (Å²) in [5.41, 5.74) is 2.02. The van der Waals surface area contributed by atoms with Crippen LogP contribution in [0.25, 0.3) is 0 Å². The second kappa shape index (κ2) is 10.1. The monoisotopic (exact) mass is 341 g/mol. The number of nitrogens with one attached hydrogen (secondary N) is 2. The van der Waals surface area contributed by atoms with Gasteiger partial charge in [0.2, 0.25) is 11.8 Å². The molecule has 0 aliphatic rings. The Balaban J connectivity index is 1.58. The Labute approximate surface area is 147 Å². The lowest BCUT2D eigenvalue weighted by molar-refractivity contribution is -0.122. The SMILES string of the molecule is COc1ccc(CCC(=O)NCCC(=O)NCc2cccnc2)cc1. The third kappa shape index (κ3) is 7.03. The summed E-state index contributed by atoms with van der Waals surface area (Å²) in [6, 6.07) is 11.4. The van der Waals surface area contributed by atoms with Crippen LogP contribution in [0.2, 0.25) is 0 Å². The smallest absolute Gasteiger partial charge is 0.222 e. The average Bonchev–Trinajstić information content (AvgIpc) is 2.66. The number of hydrogen-bond acceptors (Lipinski definition) is 4. The van der Waals surface area contributed by atoms with E-state index >= 15 is 0 Å². The molecular weight excluding hydrogens is 318 g/mol. The number of carbonyl (C=O) groups is 2. The quantitative estimate of drug-likeness (QED) is 0.729. The number of pyridine rings is 1. The van der Waals surface area contributed by atoms with E-state index in [0.717, 1.165) is 16.9 Å². The first kappa shape index (κ1) is 18.4. The molecule has 6 nitrogen and oxygen atoms in total. The molecule has 0 radical (unpaired) electrons. The molecule has 0 atom stereocenters. The first-order valence-electron chi connectivity index (χ1n) is 8.22. The number of ether oxygens (including phenoxy) is 1. The number of carbonyl (C=O) groups excluding carboxylic acids is 2. The van der Waals surface area contributed by atoms with Crippen molar-refractivity contribution < 1.29 is 14.3 Å². The summed E-state index contributed by atoms with van der Waals surface area (Å²) in [4.78, 5) is 27.6. The normalized spacial score (nSPS) is 10.1. The van der Waals surface area contributed by atoms with E-state index in [1.54, 1.807) is 19.5 Å². The molecular formula is C19H23N3O3. The molecule has 1 aromatic carbocycles. The van der Waals surface area contributed by atoms with Gasteiger partial charge in [0.25, 0.3) is 0 Å². The first-order valence-corrected chi connectivity index (χ1v) is 8.22. The van der Waals surface area contributed by atoms with E-state index in [2.05, 4.69) is 15.6 Å². The Kier molecular flexibility index (Phi) is 7.43. The highest BCUT2D eigenvalue weighted by Crippen LogP contribution is 2.12. The summed E-state index contributed by atoms with van der Waals surface area (Å²) >= 11 is 0. The summed E-state index contributed by atoms with van der Waals surface area (Å²) < 4.78 is 5.10. The summed E-state index contributed by atoms with van der Waals surface area (Å²) in [7, 11) is 1.62. The van der Waals surface area contributed by atoms with E-state index in [1.165, 1.54) is 0 Å². The first-order chi connectivity index (χ1) is 12.2. The highest BCUT2D eigenvalue weighted by atomic mass is 16.5. The van der Waals surface area contributed by atoms with Gasteiger partial charge >= 0.3 is 0 Å². The van der Waals surface area contributed by atoms with Crippen molar-refractivity contribution in [1.82, 2.24) is 15.6 Å². The zero-order valence-corrected chi connectivity index (χ0v) is 14.3. The van der Waals surface area contributed by atoms with Gasteiger partial charge in [-0.1, -0.05) is 18.2 Å². The third-order valence-corrected chi connectivity index (χ3v) is 3.69. The van der Waals surface area contributed by atoms with Crippen molar-refractivity contribution in [1.29, 1.82) is 0 Å². The van der Waals surface area contributed by atoms with E-state index in [4.69, 9.17) is 4.74 Å². The van der Waals surface area contributed by atoms with Crippen LogP contribution in [-0.4, -0.2) is 30.5 Å². The molecule has 1 heterocycles. The second-order valence-electron chi connectivity index (χ2n) is 5.59. The minimum absolute atomic E-state index is 0.0594. The minimum Gasteiger partial charge on any atom is -0.497 e. The van der Waals surface area contributed by atoms with Crippen LogP contribution >= 0.6 is 0 Å². The van der Waals surface area contributed by atoms with Gasteiger partial charge in [-0.3, -0.25) is 14.6 Å². The Bertz CT molecular complexity index is 672. The van der Waals surface area contributed by atoms with Gasteiger partial charge in [0, 0.05) is 38.3 Å². The van der Waals surface area contributed by atoms with E-state index in [9.17, 15) is 9.59 Å². The number of aryl methyl sites for hydroxylation is 1. The molecule has 0 fully saturated rings. The molecule has 6 heteroatoms. The number of aromatic nitrogens is 1. The van der Waals surface area contributed by atoms with E-state index in [1.807, 2.05) is 36.4 Å².